The van der Waals surface area contributed by atoms with Crippen molar-refractivity contribution in [2.24, 2.45) is 5.73 Å². The normalized spacial score (nSPS) is 13.1. The number of hydrogen-bond donors (Lipinski definition) is 4. The summed E-state index contributed by atoms with van der Waals surface area (Å²) >= 11 is 0. The van der Waals surface area contributed by atoms with E-state index in [1.54, 1.807) is 0 Å². The number of carboxylic acid groups (broad SMARTS) is 1. The Kier molecular flexibility index (Phi) is 6.46. The molecule has 1 aliphatic carbocycles. The van der Waals surface area contributed by atoms with Gasteiger partial charge in [0.2, 0.25) is 5.91 Å². The number of aliphatic carboxylic acids is 1. The molecule has 2 amide bonds. The van der Waals surface area contributed by atoms with Crippen molar-refractivity contribution in [3.63, 3.8) is 0 Å². The van der Waals surface area contributed by atoms with Gasteiger partial charge in [0.05, 0.1) is 6.67 Å². The van der Waals surface area contributed by atoms with Crippen LogP contribution < -0.4 is 16.4 Å². The fourth-order valence-corrected chi connectivity index (χ4v) is 3.54. The molecule has 0 aliphatic heterocycles. The Morgan fingerprint density at radius 3 is 2.17 bits per heavy atom. The van der Waals surface area contributed by atoms with Gasteiger partial charge in [0, 0.05) is 12.3 Å². The Bertz CT molecular complexity index is 869. The van der Waals surface area contributed by atoms with Crippen LogP contribution in [0, 0.1) is 0 Å². The fraction of sp³-hybridized carbons (Fsp3) is 0.286. The molecule has 0 saturated heterocycles. The molecule has 0 fully saturated rings. The molecule has 0 saturated carbocycles. The maximum absolute atomic E-state index is 12.3. The second-order valence-electron chi connectivity index (χ2n) is 6.70. The number of benzene rings is 2. The lowest BCUT2D eigenvalue weighted by Gasteiger charge is -2.19. The molecule has 0 radical (unpaired) electrons. The van der Waals surface area contributed by atoms with Gasteiger partial charge in [0.1, 0.15) is 12.6 Å². The van der Waals surface area contributed by atoms with E-state index in [4.69, 9.17) is 15.6 Å². The van der Waals surface area contributed by atoms with Crippen molar-refractivity contribution < 1.29 is 24.2 Å². The van der Waals surface area contributed by atoms with Gasteiger partial charge >= 0.3 is 12.1 Å². The van der Waals surface area contributed by atoms with Gasteiger partial charge in [-0.2, -0.15) is 0 Å². The predicted molar refractivity (Wildman–Crippen MR) is 106 cm³/mol. The molecule has 0 aromatic heterocycles. The van der Waals surface area contributed by atoms with E-state index in [0.717, 1.165) is 22.3 Å². The predicted octanol–water partition coefficient (Wildman–Crippen LogP) is 1.79. The topological polar surface area (TPSA) is 131 Å². The van der Waals surface area contributed by atoms with Crippen LogP contribution in [0.3, 0.4) is 0 Å². The number of nitrogens with one attached hydrogen (secondary N) is 2. The highest BCUT2D eigenvalue weighted by atomic mass is 16.5. The summed E-state index contributed by atoms with van der Waals surface area (Å²) in [6, 6.07) is 14.9. The van der Waals surface area contributed by atoms with E-state index in [-0.39, 0.29) is 32.0 Å². The minimum absolute atomic E-state index is 0.0641. The first kappa shape index (κ1) is 20.3. The average molecular weight is 397 g/mol. The van der Waals surface area contributed by atoms with Crippen LogP contribution in [0.25, 0.3) is 11.1 Å². The zero-order valence-electron chi connectivity index (χ0n) is 15.8. The van der Waals surface area contributed by atoms with E-state index in [1.165, 1.54) is 0 Å². The summed E-state index contributed by atoms with van der Waals surface area (Å²) < 4.78 is 5.40. The third-order valence-corrected chi connectivity index (χ3v) is 4.88. The summed E-state index contributed by atoms with van der Waals surface area (Å²) in [4.78, 5) is 35.1. The van der Waals surface area contributed by atoms with Crippen molar-refractivity contribution >= 4 is 18.0 Å². The molecule has 2 aromatic rings. The Labute approximate surface area is 168 Å². The van der Waals surface area contributed by atoms with Crippen molar-refractivity contribution in [3.05, 3.63) is 59.7 Å². The minimum atomic E-state index is -1.06. The van der Waals surface area contributed by atoms with Crippen molar-refractivity contribution in [3.8, 4) is 11.1 Å². The summed E-state index contributed by atoms with van der Waals surface area (Å²) in [6.07, 6.45) is -1.12. The maximum atomic E-state index is 12.3. The molecule has 0 unspecified atom stereocenters. The number of nitrogens with two attached hydrogens (primary N) is 1. The van der Waals surface area contributed by atoms with Crippen LogP contribution in [0.2, 0.25) is 0 Å². The molecule has 8 nitrogen and oxygen atoms in total. The Morgan fingerprint density at radius 1 is 1.03 bits per heavy atom. The van der Waals surface area contributed by atoms with Crippen molar-refractivity contribution in [2.45, 2.75) is 24.8 Å². The largest absolute Gasteiger partial charge is 0.481 e. The molecule has 5 N–H and O–H groups in total. The molecule has 3 rings (SSSR count). The molecule has 0 spiro atoms. The Balaban J connectivity index is 1.66. The lowest BCUT2D eigenvalue weighted by Crippen LogP contribution is -2.48. The van der Waals surface area contributed by atoms with Gasteiger partial charge in [-0.25, -0.2) is 4.79 Å². The van der Waals surface area contributed by atoms with Crippen LogP contribution in [0.15, 0.2) is 48.5 Å². The maximum Gasteiger partial charge on any atom is 0.407 e. The van der Waals surface area contributed by atoms with Gasteiger partial charge in [-0.3, -0.25) is 9.59 Å². The van der Waals surface area contributed by atoms with Crippen LogP contribution in [0.5, 0.6) is 0 Å². The summed E-state index contributed by atoms with van der Waals surface area (Å²) in [5, 5.41) is 13.7. The number of rotatable bonds is 8. The molecule has 8 heteroatoms. The first-order valence-electron chi connectivity index (χ1n) is 9.32. The quantitative estimate of drug-likeness (QED) is 0.502. The summed E-state index contributed by atoms with van der Waals surface area (Å²) in [5.41, 5.74) is 9.66. The van der Waals surface area contributed by atoms with Crippen molar-refractivity contribution in [1.82, 2.24) is 10.6 Å². The number of alkyl carbamates (subject to hydrolysis) is 1. The van der Waals surface area contributed by atoms with Gasteiger partial charge in [-0.1, -0.05) is 48.5 Å². The van der Waals surface area contributed by atoms with Crippen LogP contribution in [-0.2, 0) is 14.3 Å². The number of carbonyl (C=O) groups excluding carboxylic acids is 2. The Hall–Kier alpha value is -3.39. The number of amides is 2. The standard InChI is InChI=1S/C21H23N3O5/c22-12-23-20(27)18(9-10-19(25)26)24-21(28)29-11-17-15-7-3-1-5-13(15)14-6-2-4-8-16(14)17/h1-8,17-18H,9-12,22H2,(H,23,27)(H,24,28)(H,25,26)/t18-/m1/s1. The molecule has 29 heavy (non-hydrogen) atoms. The lowest BCUT2D eigenvalue weighted by atomic mass is 9.98. The zero-order chi connectivity index (χ0) is 20.8. The molecule has 0 heterocycles. The smallest absolute Gasteiger partial charge is 0.407 e. The number of hydrogen-bond acceptors (Lipinski definition) is 5. The summed E-state index contributed by atoms with van der Waals surface area (Å²) in [5.74, 6) is -1.73. The molecule has 1 aliphatic rings. The highest BCUT2D eigenvalue weighted by Gasteiger charge is 2.29. The van der Waals surface area contributed by atoms with Gasteiger partial charge in [-0.05, 0) is 28.7 Å². The highest BCUT2D eigenvalue weighted by Crippen LogP contribution is 2.44. The zero-order valence-corrected chi connectivity index (χ0v) is 15.8. The molecule has 152 valence electrons. The van der Waals surface area contributed by atoms with E-state index < -0.39 is 24.0 Å². The van der Waals surface area contributed by atoms with E-state index >= 15 is 0 Å². The molecular formula is C21H23N3O5. The van der Waals surface area contributed by atoms with Crippen LogP contribution in [0.4, 0.5) is 4.79 Å². The number of ether oxygens (including phenoxy) is 1. The molecule has 0 bridgehead atoms. The first-order chi connectivity index (χ1) is 14.0. The Morgan fingerprint density at radius 2 is 1.62 bits per heavy atom. The first-order valence-corrected chi connectivity index (χ1v) is 9.32. The molecular weight excluding hydrogens is 374 g/mol. The summed E-state index contributed by atoms with van der Waals surface area (Å²) in [7, 11) is 0. The van der Waals surface area contributed by atoms with E-state index in [0.29, 0.717) is 0 Å². The van der Waals surface area contributed by atoms with Gasteiger partial charge in [0.15, 0.2) is 0 Å². The second-order valence-corrected chi connectivity index (χ2v) is 6.70. The lowest BCUT2D eigenvalue weighted by molar-refractivity contribution is -0.137. The van der Waals surface area contributed by atoms with Gasteiger partial charge in [0.25, 0.3) is 0 Å². The van der Waals surface area contributed by atoms with Crippen LogP contribution in [0.1, 0.15) is 29.9 Å². The SMILES string of the molecule is NCNC(=O)[C@@H](CCC(=O)O)NC(=O)OCC1c2ccccc2-c2ccccc21. The highest BCUT2D eigenvalue weighted by molar-refractivity contribution is 5.86. The van der Waals surface area contributed by atoms with Gasteiger partial charge < -0.3 is 26.2 Å². The third-order valence-electron chi connectivity index (χ3n) is 4.88. The third kappa shape index (κ3) is 4.72. The molecule has 1 atom stereocenters. The van der Waals surface area contributed by atoms with Crippen LogP contribution >= 0.6 is 0 Å². The van der Waals surface area contributed by atoms with E-state index in [1.807, 2.05) is 48.5 Å². The fourth-order valence-electron chi connectivity index (χ4n) is 3.54. The average Bonchev–Trinajstić information content (AvgIpc) is 3.03. The minimum Gasteiger partial charge on any atom is -0.481 e. The number of carboxylic acids is 1. The van der Waals surface area contributed by atoms with Gasteiger partial charge in [-0.15, -0.1) is 0 Å². The monoisotopic (exact) mass is 397 g/mol. The van der Waals surface area contributed by atoms with E-state index in [2.05, 4.69) is 10.6 Å². The number of fused-ring (bicyclic) bond motifs is 3. The summed E-state index contributed by atoms with van der Waals surface area (Å²) in [6.45, 7) is -0.0151. The van der Waals surface area contributed by atoms with E-state index in [9.17, 15) is 14.4 Å². The van der Waals surface area contributed by atoms with Crippen molar-refractivity contribution in [1.29, 1.82) is 0 Å². The van der Waals surface area contributed by atoms with Crippen molar-refractivity contribution in [2.75, 3.05) is 13.3 Å². The number of carbonyl (C=O) groups is 3. The second kappa shape index (κ2) is 9.20. The molecule has 2 aromatic carbocycles. The van der Waals surface area contributed by atoms with Crippen LogP contribution in [-0.4, -0.2) is 42.4 Å².